The molecule has 3 rings (SSSR count). The molecule has 2 amide bonds. The lowest BCUT2D eigenvalue weighted by Crippen LogP contribution is -2.44. The number of anilines is 1. The van der Waals surface area contributed by atoms with E-state index < -0.39 is 11.3 Å². The number of benzene rings is 2. The van der Waals surface area contributed by atoms with Gasteiger partial charge in [0.15, 0.2) is 6.61 Å². The highest BCUT2D eigenvalue weighted by Crippen LogP contribution is 2.36. The molecule has 2 aromatic rings. The van der Waals surface area contributed by atoms with Crippen LogP contribution in [0.1, 0.15) is 18.4 Å². The molecule has 26 heavy (non-hydrogen) atoms. The maximum absolute atomic E-state index is 13.1. The van der Waals surface area contributed by atoms with Gasteiger partial charge in [-0.1, -0.05) is 30.3 Å². The molecular formula is C20H22N2O4. The number of carbonyl (C=O) groups is 2. The van der Waals surface area contributed by atoms with E-state index in [-0.39, 0.29) is 12.5 Å². The summed E-state index contributed by atoms with van der Waals surface area (Å²) < 4.78 is 10.7. The largest absolute Gasteiger partial charge is 0.484 e. The second-order valence-electron chi connectivity index (χ2n) is 6.29. The van der Waals surface area contributed by atoms with E-state index >= 15 is 0 Å². The van der Waals surface area contributed by atoms with E-state index in [0.717, 1.165) is 5.56 Å². The molecule has 0 bridgehead atoms. The molecule has 0 aliphatic carbocycles. The molecule has 2 aromatic carbocycles. The molecule has 0 aromatic heterocycles. The van der Waals surface area contributed by atoms with E-state index in [1.165, 1.54) is 0 Å². The third-order valence-electron chi connectivity index (χ3n) is 4.60. The van der Waals surface area contributed by atoms with Crippen LogP contribution in [0.4, 0.5) is 5.69 Å². The van der Waals surface area contributed by atoms with Gasteiger partial charge in [0.1, 0.15) is 5.75 Å². The summed E-state index contributed by atoms with van der Waals surface area (Å²) in [5.74, 6) is -0.0601. The fraction of sp³-hybridized carbons (Fsp3) is 0.300. The number of ether oxygens (including phenoxy) is 2. The van der Waals surface area contributed by atoms with Gasteiger partial charge >= 0.3 is 0 Å². The number of nitrogens with two attached hydrogens (primary N) is 1. The van der Waals surface area contributed by atoms with Crippen molar-refractivity contribution in [2.45, 2.75) is 18.3 Å². The highest BCUT2D eigenvalue weighted by molar-refractivity contribution is 5.99. The zero-order valence-corrected chi connectivity index (χ0v) is 14.4. The van der Waals surface area contributed by atoms with E-state index in [1.807, 2.05) is 30.3 Å². The van der Waals surface area contributed by atoms with Crippen molar-refractivity contribution >= 4 is 17.5 Å². The molecule has 1 aliphatic rings. The van der Waals surface area contributed by atoms with Gasteiger partial charge in [-0.25, -0.2) is 0 Å². The molecule has 1 fully saturated rings. The summed E-state index contributed by atoms with van der Waals surface area (Å²) in [6.07, 6.45) is 1.28. The van der Waals surface area contributed by atoms with E-state index in [1.54, 1.807) is 24.3 Å². The van der Waals surface area contributed by atoms with Crippen molar-refractivity contribution in [2.75, 3.05) is 25.1 Å². The Hall–Kier alpha value is -2.86. The van der Waals surface area contributed by atoms with E-state index in [4.69, 9.17) is 15.2 Å². The van der Waals surface area contributed by atoms with E-state index in [2.05, 4.69) is 5.32 Å². The Bertz CT molecular complexity index is 753. The lowest BCUT2D eigenvalue weighted by molar-refractivity contribution is -0.125. The lowest BCUT2D eigenvalue weighted by Gasteiger charge is -2.36. The normalized spacial score (nSPS) is 15.8. The third kappa shape index (κ3) is 4.03. The SMILES string of the molecule is NC(=O)COc1ccc(NC(=O)C2(c3ccccc3)CCOCC2)cc1. The van der Waals surface area contributed by atoms with Crippen LogP contribution in [0.5, 0.6) is 5.75 Å². The molecule has 6 heteroatoms. The van der Waals surface area contributed by atoms with Crippen molar-refractivity contribution in [3.63, 3.8) is 0 Å². The summed E-state index contributed by atoms with van der Waals surface area (Å²) in [5, 5.41) is 3.00. The Labute approximate surface area is 152 Å². The standard InChI is InChI=1S/C20H22N2O4/c21-18(23)14-26-17-8-6-16(7-9-17)22-19(24)20(10-12-25-13-11-20)15-4-2-1-3-5-15/h1-9H,10-14H2,(H2,21,23)(H,22,24). The van der Waals surface area contributed by atoms with Gasteiger partial charge in [-0.05, 0) is 42.7 Å². The van der Waals surface area contributed by atoms with Crippen LogP contribution in [0, 0.1) is 0 Å². The zero-order chi connectivity index (χ0) is 18.4. The highest BCUT2D eigenvalue weighted by Gasteiger charge is 2.41. The topological polar surface area (TPSA) is 90.7 Å². The molecule has 1 heterocycles. The van der Waals surface area contributed by atoms with Crippen LogP contribution >= 0.6 is 0 Å². The Kier molecular flexibility index (Phi) is 5.53. The Morgan fingerprint density at radius 2 is 1.69 bits per heavy atom. The predicted molar refractivity (Wildman–Crippen MR) is 97.9 cm³/mol. The van der Waals surface area contributed by atoms with Crippen LogP contribution in [0.2, 0.25) is 0 Å². The fourth-order valence-electron chi connectivity index (χ4n) is 3.16. The van der Waals surface area contributed by atoms with Crippen LogP contribution in [0.25, 0.3) is 0 Å². The van der Waals surface area contributed by atoms with Crippen LogP contribution in [0.15, 0.2) is 54.6 Å². The van der Waals surface area contributed by atoms with Gasteiger partial charge in [0, 0.05) is 18.9 Å². The summed E-state index contributed by atoms with van der Waals surface area (Å²) in [6.45, 7) is 0.938. The maximum Gasteiger partial charge on any atom is 0.255 e. The molecule has 0 saturated carbocycles. The summed E-state index contributed by atoms with van der Waals surface area (Å²) >= 11 is 0. The highest BCUT2D eigenvalue weighted by atomic mass is 16.5. The molecule has 0 radical (unpaired) electrons. The molecular weight excluding hydrogens is 332 g/mol. The average Bonchev–Trinajstić information content (AvgIpc) is 2.68. The second kappa shape index (κ2) is 8.01. The van der Waals surface area contributed by atoms with Gasteiger partial charge in [0.05, 0.1) is 5.41 Å². The number of hydrogen-bond acceptors (Lipinski definition) is 4. The van der Waals surface area contributed by atoms with Crippen molar-refractivity contribution < 1.29 is 19.1 Å². The molecule has 1 saturated heterocycles. The van der Waals surface area contributed by atoms with Crippen molar-refractivity contribution in [1.29, 1.82) is 0 Å². The van der Waals surface area contributed by atoms with Gasteiger partial charge in [0.25, 0.3) is 5.91 Å². The first-order chi connectivity index (χ1) is 12.6. The maximum atomic E-state index is 13.1. The smallest absolute Gasteiger partial charge is 0.255 e. The lowest BCUT2D eigenvalue weighted by atomic mass is 9.73. The van der Waals surface area contributed by atoms with Crippen LogP contribution in [0.3, 0.4) is 0 Å². The minimum Gasteiger partial charge on any atom is -0.484 e. The number of rotatable bonds is 6. The first kappa shape index (κ1) is 17.9. The number of primary amides is 1. The molecule has 0 spiro atoms. The number of carbonyl (C=O) groups excluding carboxylic acids is 2. The quantitative estimate of drug-likeness (QED) is 0.832. The average molecular weight is 354 g/mol. The molecule has 136 valence electrons. The fourth-order valence-corrected chi connectivity index (χ4v) is 3.16. The van der Waals surface area contributed by atoms with Gasteiger partial charge in [0.2, 0.25) is 5.91 Å². The van der Waals surface area contributed by atoms with Gasteiger partial charge in [-0.15, -0.1) is 0 Å². The molecule has 1 aliphatic heterocycles. The monoisotopic (exact) mass is 354 g/mol. The second-order valence-corrected chi connectivity index (χ2v) is 6.29. The van der Waals surface area contributed by atoms with Crippen molar-refractivity contribution in [2.24, 2.45) is 5.73 Å². The molecule has 6 nitrogen and oxygen atoms in total. The number of nitrogens with one attached hydrogen (secondary N) is 1. The molecule has 3 N–H and O–H groups in total. The minimum atomic E-state index is -0.597. The van der Waals surface area contributed by atoms with Crippen LogP contribution in [-0.4, -0.2) is 31.6 Å². The number of amides is 2. The van der Waals surface area contributed by atoms with E-state index in [0.29, 0.717) is 37.5 Å². The third-order valence-corrected chi connectivity index (χ3v) is 4.60. The molecule has 0 unspecified atom stereocenters. The summed E-state index contributed by atoms with van der Waals surface area (Å²) in [4.78, 5) is 23.9. The van der Waals surface area contributed by atoms with Crippen molar-refractivity contribution in [1.82, 2.24) is 0 Å². The number of hydrogen-bond donors (Lipinski definition) is 2. The summed E-state index contributed by atoms with van der Waals surface area (Å²) in [6, 6.07) is 16.7. The zero-order valence-electron chi connectivity index (χ0n) is 14.4. The Balaban J connectivity index is 1.75. The Morgan fingerprint density at radius 3 is 2.31 bits per heavy atom. The Morgan fingerprint density at radius 1 is 1.04 bits per heavy atom. The van der Waals surface area contributed by atoms with Crippen LogP contribution < -0.4 is 15.8 Å². The van der Waals surface area contributed by atoms with Crippen LogP contribution in [-0.2, 0) is 19.7 Å². The van der Waals surface area contributed by atoms with E-state index in [9.17, 15) is 9.59 Å². The minimum absolute atomic E-state index is 0.0437. The molecule has 0 atom stereocenters. The van der Waals surface area contributed by atoms with Crippen molar-refractivity contribution in [3.05, 3.63) is 60.2 Å². The van der Waals surface area contributed by atoms with Gasteiger partial charge in [-0.3, -0.25) is 9.59 Å². The first-order valence-electron chi connectivity index (χ1n) is 8.56. The predicted octanol–water partition coefficient (Wildman–Crippen LogP) is 2.24. The van der Waals surface area contributed by atoms with Crippen molar-refractivity contribution in [3.8, 4) is 5.75 Å². The first-order valence-corrected chi connectivity index (χ1v) is 8.56. The summed E-state index contributed by atoms with van der Waals surface area (Å²) in [5.41, 5.74) is 6.13. The summed E-state index contributed by atoms with van der Waals surface area (Å²) in [7, 11) is 0. The van der Waals surface area contributed by atoms with Gasteiger partial charge < -0.3 is 20.5 Å². The van der Waals surface area contributed by atoms with Gasteiger partial charge in [-0.2, -0.15) is 0 Å².